The molecule has 31 heavy (non-hydrogen) atoms. The van der Waals surface area contributed by atoms with Gasteiger partial charge in [-0.25, -0.2) is 15.8 Å². The Kier molecular flexibility index (Phi) is 6.08. The molecule has 1 fully saturated rings. The minimum atomic E-state index is -0.136. The van der Waals surface area contributed by atoms with Crippen molar-refractivity contribution in [2.45, 2.75) is 37.6 Å². The van der Waals surface area contributed by atoms with Gasteiger partial charge in [0.05, 0.1) is 30.1 Å². The predicted molar refractivity (Wildman–Crippen MR) is 122 cm³/mol. The summed E-state index contributed by atoms with van der Waals surface area (Å²) in [6.07, 6.45) is 9.41. The van der Waals surface area contributed by atoms with E-state index in [2.05, 4.69) is 4.98 Å². The van der Waals surface area contributed by atoms with Crippen molar-refractivity contribution in [3.8, 4) is 5.75 Å². The highest BCUT2D eigenvalue weighted by molar-refractivity contribution is 5.84. The molecule has 0 aliphatic heterocycles. The minimum Gasteiger partial charge on any atom is -0.497 e. The van der Waals surface area contributed by atoms with Gasteiger partial charge < -0.3 is 10.5 Å². The fourth-order valence-electron chi connectivity index (χ4n) is 4.21. The predicted octanol–water partition coefficient (Wildman–Crippen LogP) is 3.30. The fourth-order valence-corrected chi connectivity index (χ4v) is 4.21. The van der Waals surface area contributed by atoms with E-state index in [-0.39, 0.29) is 17.9 Å². The Labute approximate surface area is 181 Å². The highest BCUT2D eigenvalue weighted by atomic mass is 16.5. The molecule has 2 aromatic heterocycles. The number of methoxy groups -OCH3 is 1. The maximum atomic E-state index is 7.83. The maximum Gasteiger partial charge on any atom is 0.203 e. The second-order valence-electron chi connectivity index (χ2n) is 7.69. The van der Waals surface area contributed by atoms with E-state index in [1.165, 1.54) is 5.01 Å². The smallest absolute Gasteiger partial charge is 0.203 e. The first-order valence-corrected chi connectivity index (χ1v) is 10.4. The number of hydrazine groups is 1. The van der Waals surface area contributed by atoms with Gasteiger partial charge in [-0.3, -0.25) is 15.4 Å². The van der Waals surface area contributed by atoms with Gasteiger partial charge in [0.2, 0.25) is 5.96 Å². The van der Waals surface area contributed by atoms with E-state index in [4.69, 9.17) is 31.7 Å². The Morgan fingerprint density at radius 1 is 1.16 bits per heavy atom. The molecule has 2 atom stereocenters. The van der Waals surface area contributed by atoms with Crippen LogP contribution >= 0.6 is 0 Å². The molecule has 8 nitrogen and oxygen atoms in total. The third-order valence-corrected chi connectivity index (χ3v) is 5.76. The molecule has 1 aromatic carbocycles. The molecule has 5 N–H and O–H groups in total. The summed E-state index contributed by atoms with van der Waals surface area (Å²) in [5, 5.41) is 10.1. The van der Waals surface area contributed by atoms with Crippen LogP contribution in [0.5, 0.6) is 5.75 Å². The van der Waals surface area contributed by atoms with Crippen molar-refractivity contribution in [1.82, 2.24) is 20.0 Å². The molecule has 1 aliphatic rings. The zero-order chi connectivity index (χ0) is 21.8. The Hall–Kier alpha value is -3.52. The summed E-state index contributed by atoms with van der Waals surface area (Å²) >= 11 is 0. The van der Waals surface area contributed by atoms with Crippen molar-refractivity contribution < 1.29 is 4.74 Å². The summed E-state index contributed by atoms with van der Waals surface area (Å²) in [5.74, 6) is 7.43. The molecular weight excluding hydrogens is 390 g/mol. The third-order valence-electron chi connectivity index (χ3n) is 5.76. The molecule has 0 spiro atoms. The van der Waals surface area contributed by atoms with Crippen LogP contribution in [0, 0.1) is 5.41 Å². The Morgan fingerprint density at radius 2 is 2.00 bits per heavy atom. The Balaban J connectivity index is 1.82. The molecule has 3 aromatic rings. The molecule has 0 radical (unpaired) electrons. The second kappa shape index (κ2) is 9.09. The van der Waals surface area contributed by atoms with Gasteiger partial charge in [0, 0.05) is 17.5 Å². The summed E-state index contributed by atoms with van der Waals surface area (Å²) in [7, 11) is 1.65. The van der Waals surface area contributed by atoms with Gasteiger partial charge in [-0.05, 0) is 55.3 Å². The largest absolute Gasteiger partial charge is 0.497 e. The van der Waals surface area contributed by atoms with Crippen LogP contribution < -0.4 is 16.3 Å². The summed E-state index contributed by atoms with van der Waals surface area (Å²) < 4.78 is 5.45. The molecule has 0 amide bonds. The van der Waals surface area contributed by atoms with Crippen LogP contribution in [0.3, 0.4) is 0 Å². The molecule has 4 rings (SSSR count). The number of nitrogens with zero attached hydrogens (tertiary/aromatic N) is 4. The number of nitrogens with two attached hydrogens (primary N) is 2. The van der Waals surface area contributed by atoms with Gasteiger partial charge in [-0.2, -0.15) is 0 Å². The zero-order valence-electron chi connectivity index (χ0n) is 17.5. The highest BCUT2D eigenvalue weighted by Gasteiger charge is 2.33. The average molecular weight is 418 g/mol. The number of rotatable bonds is 5. The summed E-state index contributed by atoms with van der Waals surface area (Å²) in [5.41, 5.74) is 8.30. The van der Waals surface area contributed by atoms with Crippen LogP contribution in [0.2, 0.25) is 0 Å². The molecule has 0 unspecified atom stereocenters. The monoisotopic (exact) mass is 417 g/mol. The van der Waals surface area contributed by atoms with Crippen molar-refractivity contribution in [2.24, 2.45) is 11.6 Å². The Bertz CT molecular complexity index is 1100. The summed E-state index contributed by atoms with van der Waals surface area (Å²) in [6.45, 7) is 0. The lowest BCUT2D eigenvalue weighted by Crippen LogP contribution is -2.52. The standard InChI is InChI=1S/C23H27N7O/c1-31-16-10-11-19-18(14-16)22(17-7-2-3-8-20(17)30(26)23(24)25)29-21(28-19)12-9-15-6-4-5-13-27-15/h4-6,9-14,17,20H,2-3,7-8,26H2,1H3,(H3,24,25)/b12-9-/t17-,20+/m1/s1. The third kappa shape index (κ3) is 4.49. The molecular formula is C23H27N7O. The molecule has 1 saturated carbocycles. The number of fused-ring (bicyclic) bond motifs is 1. The molecule has 2 heterocycles. The van der Waals surface area contributed by atoms with Crippen LogP contribution in [0.4, 0.5) is 0 Å². The SMILES string of the molecule is COc1ccc2nc(/C=C\c3ccccn3)nc([C@@H]3CCCC[C@@H]3N(N)C(=N)N)c2c1. The molecule has 160 valence electrons. The van der Waals surface area contributed by atoms with Crippen molar-refractivity contribution >= 4 is 29.0 Å². The van der Waals surface area contributed by atoms with Crippen LogP contribution in [0.1, 0.15) is 48.8 Å². The van der Waals surface area contributed by atoms with Crippen LogP contribution in [0.25, 0.3) is 23.1 Å². The van der Waals surface area contributed by atoms with Gasteiger partial charge in [0.25, 0.3) is 0 Å². The minimum absolute atomic E-state index is 0.0299. The number of hydrogen-bond donors (Lipinski definition) is 3. The second-order valence-corrected chi connectivity index (χ2v) is 7.69. The normalized spacial score (nSPS) is 18.9. The van der Waals surface area contributed by atoms with Gasteiger partial charge in [-0.1, -0.05) is 18.9 Å². The van der Waals surface area contributed by atoms with E-state index in [0.29, 0.717) is 5.82 Å². The lowest BCUT2D eigenvalue weighted by Gasteiger charge is -2.37. The first-order chi connectivity index (χ1) is 15.1. The molecule has 1 aliphatic carbocycles. The van der Waals surface area contributed by atoms with Crippen LogP contribution in [0.15, 0.2) is 42.6 Å². The van der Waals surface area contributed by atoms with Gasteiger partial charge in [0.1, 0.15) is 5.75 Å². The molecule has 0 bridgehead atoms. The Morgan fingerprint density at radius 3 is 2.74 bits per heavy atom. The number of aromatic nitrogens is 3. The fraction of sp³-hybridized carbons (Fsp3) is 0.304. The number of pyridine rings is 1. The van der Waals surface area contributed by atoms with Crippen molar-refractivity contribution in [3.05, 3.63) is 59.8 Å². The summed E-state index contributed by atoms with van der Waals surface area (Å²) in [4.78, 5) is 14.0. The van der Waals surface area contributed by atoms with Gasteiger partial charge >= 0.3 is 0 Å². The first kappa shape index (κ1) is 20.7. The maximum absolute atomic E-state index is 7.83. The van der Waals surface area contributed by atoms with E-state index in [1.807, 2.05) is 48.6 Å². The first-order valence-electron chi connectivity index (χ1n) is 10.4. The quantitative estimate of drug-likeness (QED) is 0.251. The zero-order valence-corrected chi connectivity index (χ0v) is 17.5. The number of benzene rings is 1. The van der Waals surface area contributed by atoms with E-state index in [9.17, 15) is 0 Å². The summed E-state index contributed by atoms with van der Waals surface area (Å²) in [6, 6.07) is 11.5. The van der Waals surface area contributed by atoms with E-state index in [0.717, 1.165) is 53.7 Å². The van der Waals surface area contributed by atoms with Gasteiger partial charge in [-0.15, -0.1) is 0 Å². The number of guanidine groups is 1. The average Bonchev–Trinajstić information content (AvgIpc) is 2.82. The molecule has 0 saturated heterocycles. The number of nitrogens with one attached hydrogen (secondary N) is 1. The number of ether oxygens (including phenoxy) is 1. The van der Waals surface area contributed by atoms with Crippen LogP contribution in [-0.4, -0.2) is 39.1 Å². The van der Waals surface area contributed by atoms with E-state index < -0.39 is 0 Å². The van der Waals surface area contributed by atoms with Crippen molar-refractivity contribution in [2.75, 3.05) is 7.11 Å². The van der Waals surface area contributed by atoms with Gasteiger partial charge in [0.15, 0.2) is 5.82 Å². The van der Waals surface area contributed by atoms with Crippen molar-refractivity contribution in [1.29, 1.82) is 5.41 Å². The van der Waals surface area contributed by atoms with Crippen molar-refractivity contribution in [3.63, 3.8) is 0 Å². The molecule has 8 heteroatoms. The van der Waals surface area contributed by atoms with E-state index >= 15 is 0 Å². The topological polar surface area (TPSA) is 127 Å². The lowest BCUT2D eigenvalue weighted by molar-refractivity contribution is 0.212. The lowest BCUT2D eigenvalue weighted by atomic mass is 9.80. The number of hydrogen-bond acceptors (Lipinski definition) is 6. The highest BCUT2D eigenvalue weighted by Crippen LogP contribution is 2.38. The van der Waals surface area contributed by atoms with E-state index in [1.54, 1.807) is 13.3 Å². The van der Waals surface area contributed by atoms with Crippen LogP contribution in [-0.2, 0) is 0 Å².